The van der Waals surface area contributed by atoms with E-state index < -0.39 is 9.84 Å². The fourth-order valence-corrected chi connectivity index (χ4v) is 3.99. The van der Waals surface area contributed by atoms with Crippen LogP contribution in [0.3, 0.4) is 0 Å². The minimum absolute atomic E-state index is 0.000928. The number of hydrogen-bond donors (Lipinski definition) is 0. The van der Waals surface area contributed by atoms with Gasteiger partial charge in [-0.3, -0.25) is 4.79 Å². The third-order valence-electron chi connectivity index (χ3n) is 4.15. The maximum absolute atomic E-state index is 12.3. The summed E-state index contributed by atoms with van der Waals surface area (Å²) in [5.74, 6) is 0.354. The van der Waals surface area contributed by atoms with Crippen molar-refractivity contribution in [2.75, 3.05) is 36.8 Å². The molecule has 2 heterocycles. The highest BCUT2D eigenvalue weighted by Gasteiger charge is 2.24. The van der Waals surface area contributed by atoms with Crippen LogP contribution in [0, 0.1) is 0 Å². The summed E-state index contributed by atoms with van der Waals surface area (Å²) in [5, 5.41) is 0. The van der Waals surface area contributed by atoms with Gasteiger partial charge in [-0.05, 0) is 18.2 Å². The van der Waals surface area contributed by atoms with Crippen molar-refractivity contribution in [1.29, 1.82) is 0 Å². The second-order valence-electron chi connectivity index (χ2n) is 5.80. The second kappa shape index (κ2) is 7.60. The Labute approximate surface area is 147 Å². The van der Waals surface area contributed by atoms with Gasteiger partial charge in [0.2, 0.25) is 11.9 Å². The first-order valence-corrected chi connectivity index (χ1v) is 9.79. The van der Waals surface area contributed by atoms with E-state index in [-0.39, 0.29) is 23.0 Å². The summed E-state index contributed by atoms with van der Waals surface area (Å²) in [5.41, 5.74) is 0. The molecular formula is C17H20N4O3S. The fraction of sp³-hybridized carbons (Fsp3) is 0.353. The molecule has 0 bridgehead atoms. The second-order valence-corrected chi connectivity index (χ2v) is 7.91. The number of rotatable bonds is 5. The molecule has 3 rings (SSSR count). The van der Waals surface area contributed by atoms with Crippen molar-refractivity contribution in [3.63, 3.8) is 0 Å². The van der Waals surface area contributed by atoms with Crippen LogP contribution in [-0.4, -0.2) is 61.1 Å². The van der Waals surface area contributed by atoms with Crippen LogP contribution < -0.4 is 4.90 Å². The summed E-state index contributed by atoms with van der Waals surface area (Å²) in [4.78, 5) is 24.7. The number of carbonyl (C=O) groups excluding carboxylic acids is 1. The van der Waals surface area contributed by atoms with Crippen molar-refractivity contribution >= 4 is 21.7 Å². The van der Waals surface area contributed by atoms with Crippen molar-refractivity contribution in [2.24, 2.45) is 0 Å². The number of benzene rings is 1. The number of nitrogens with zero attached hydrogens (tertiary/aromatic N) is 4. The van der Waals surface area contributed by atoms with E-state index in [0.717, 1.165) is 0 Å². The zero-order valence-corrected chi connectivity index (χ0v) is 14.6. The molecule has 0 radical (unpaired) electrons. The number of anilines is 1. The van der Waals surface area contributed by atoms with Crippen LogP contribution in [-0.2, 0) is 14.6 Å². The number of amides is 1. The zero-order valence-electron chi connectivity index (χ0n) is 13.8. The lowest BCUT2D eigenvalue weighted by Gasteiger charge is -2.34. The number of sulfone groups is 1. The molecule has 0 N–H and O–H groups in total. The quantitative estimate of drug-likeness (QED) is 0.791. The minimum atomic E-state index is -3.43. The molecule has 1 aliphatic rings. The van der Waals surface area contributed by atoms with Crippen molar-refractivity contribution in [3.05, 3.63) is 48.8 Å². The van der Waals surface area contributed by atoms with Crippen LogP contribution in [0.5, 0.6) is 0 Å². The largest absolute Gasteiger partial charge is 0.339 e. The van der Waals surface area contributed by atoms with Gasteiger partial charge in [0.15, 0.2) is 9.84 Å². The summed E-state index contributed by atoms with van der Waals surface area (Å²) < 4.78 is 24.5. The molecule has 0 unspecified atom stereocenters. The highest BCUT2D eigenvalue weighted by molar-refractivity contribution is 7.91. The van der Waals surface area contributed by atoms with Crippen LogP contribution in [0.25, 0.3) is 0 Å². The van der Waals surface area contributed by atoms with Gasteiger partial charge >= 0.3 is 0 Å². The molecule has 8 heteroatoms. The molecule has 0 saturated carbocycles. The molecule has 1 fully saturated rings. The van der Waals surface area contributed by atoms with E-state index in [0.29, 0.717) is 32.1 Å². The van der Waals surface area contributed by atoms with E-state index >= 15 is 0 Å². The van der Waals surface area contributed by atoms with Gasteiger partial charge in [0.05, 0.1) is 10.6 Å². The van der Waals surface area contributed by atoms with E-state index in [9.17, 15) is 13.2 Å². The average molecular weight is 360 g/mol. The van der Waals surface area contributed by atoms with Crippen molar-refractivity contribution < 1.29 is 13.2 Å². The van der Waals surface area contributed by atoms with Crippen LogP contribution in [0.2, 0.25) is 0 Å². The average Bonchev–Trinajstić information content (AvgIpc) is 2.68. The smallest absolute Gasteiger partial charge is 0.225 e. The maximum Gasteiger partial charge on any atom is 0.225 e. The molecular weight excluding hydrogens is 340 g/mol. The molecule has 132 valence electrons. The SMILES string of the molecule is O=C(CCS(=O)(=O)c1ccccc1)N1CCN(c2ncccn2)CC1. The predicted octanol–water partition coefficient (Wildman–Crippen LogP) is 0.989. The number of aromatic nitrogens is 2. The summed E-state index contributed by atoms with van der Waals surface area (Å²) in [6.07, 6.45) is 3.38. The summed E-state index contributed by atoms with van der Waals surface area (Å²) in [6, 6.07) is 9.99. The Morgan fingerprint density at radius 2 is 1.60 bits per heavy atom. The van der Waals surface area contributed by atoms with E-state index in [1.165, 1.54) is 0 Å². The first-order valence-electron chi connectivity index (χ1n) is 8.14. The Kier molecular flexibility index (Phi) is 5.28. The molecule has 0 atom stereocenters. The Bertz CT molecular complexity index is 804. The van der Waals surface area contributed by atoms with Crippen molar-refractivity contribution in [2.45, 2.75) is 11.3 Å². The highest BCUT2D eigenvalue weighted by Crippen LogP contribution is 2.14. The first kappa shape index (κ1) is 17.3. The lowest BCUT2D eigenvalue weighted by atomic mass is 10.3. The van der Waals surface area contributed by atoms with Gasteiger partial charge in [-0.1, -0.05) is 18.2 Å². The van der Waals surface area contributed by atoms with Crippen LogP contribution in [0.1, 0.15) is 6.42 Å². The number of hydrogen-bond acceptors (Lipinski definition) is 6. The van der Waals surface area contributed by atoms with Gasteiger partial charge in [-0.15, -0.1) is 0 Å². The van der Waals surface area contributed by atoms with Gasteiger partial charge in [0.25, 0.3) is 0 Å². The molecule has 0 spiro atoms. The Hall–Kier alpha value is -2.48. The Morgan fingerprint density at radius 3 is 2.24 bits per heavy atom. The number of carbonyl (C=O) groups is 1. The Balaban J connectivity index is 1.52. The number of piperazine rings is 1. The predicted molar refractivity (Wildman–Crippen MR) is 93.9 cm³/mol. The molecule has 1 aliphatic heterocycles. The molecule has 7 nitrogen and oxygen atoms in total. The minimum Gasteiger partial charge on any atom is -0.339 e. The van der Waals surface area contributed by atoms with Gasteiger partial charge in [-0.25, -0.2) is 18.4 Å². The van der Waals surface area contributed by atoms with Crippen LogP contribution in [0.4, 0.5) is 5.95 Å². The normalized spacial score (nSPS) is 15.2. The highest BCUT2D eigenvalue weighted by atomic mass is 32.2. The lowest BCUT2D eigenvalue weighted by molar-refractivity contribution is -0.131. The molecule has 2 aromatic rings. The first-order chi connectivity index (χ1) is 12.1. The van der Waals surface area contributed by atoms with E-state index in [1.807, 2.05) is 4.90 Å². The van der Waals surface area contributed by atoms with E-state index in [2.05, 4.69) is 9.97 Å². The van der Waals surface area contributed by atoms with Crippen molar-refractivity contribution in [3.8, 4) is 0 Å². The van der Waals surface area contributed by atoms with E-state index in [1.54, 1.807) is 53.7 Å². The topological polar surface area (TPSA) is 83.5 Å². The van der Waals surface area contributed by atoms with Gasteiger partial charge < -0.3 is 9.80 Å². The molecule has 0 aliphatic carbocycles. The van der Waals surface area contributed by atoms with Crippen LogP contribution in [0.15, 0.2) is 53.7 Å². The van der Waals surface area contributed by atoms with Gasteiger partial charge in [0, 0.05) is 45.0 Å². The summed E-state index contributed by atoms with van der Waals surface area (Å²) in [6.45, 7) is 2.37. The third-order valence-corrected chi connectivity index (χ3v) is 5.89. The fourth-order valence-electron chi connectivity index (χ4n) is 2.74. The molecule has 1 aromatic carbocycles. The van der Waals surface area contributed by atoms with Gasteiger partial charge in [-0.2, -0.15) is 0 Å². The monoisotopic (exact) mass is 360 g/mol. The van der Waals surface area contributed by atoms with Crippen molar-refractivity contribution in [1.82, 2.24) is 14.9 Å². The lowest BCUT2D eigenvalue weighted by Crippen LogP contribution is -2.49. The standard InChI is InChI=1S/C17H20N4O3S/c22-16(7-14-25(23,24)15-5-2-1-3-6-15)20-10-12-21(13-11-20)17-18-8-4-9-19-17/h1-6,8-9H,7,10-14H2. The summed E-state index contributed by atoms with van der Waals surface area (Å²) >= 11 is 0. The maximum atomic E-state index is 12.3. The summed E-state index contributed by atoms with van der Waals surface area (Å²) in [7, 11) is -3.43. The molecule has 1 saturated heterocycles. The molecule has 25 heavy (non-hydrogen) atoms. The Morgan fingerprint density at radius 1 is 0.960 bits per heavy atom. The zero-order chi connectivity index (χ0) is 17.7. The molecule has 1 amide bonds. The third kappa shape index (κ3) is 4.33. The van der Waals surface area contributed by atoms with E-state index in [4.69, 9.17) is 0 Å². The van der Waals surface area contributed by atoms with Crippen LogP contribution >= 0.6 is 0 Å². The van der Waals surface area contributed by atoms with Gasteiger partial charge in [0.1, 0.15) is 0 Å². The molecule has 1 aromatic heterocycles.